The molecule has 2 rings (SSSR count). The minimum absolute atomic E-state index is 0. The summed E-state index contributed by atoms with van der Waals surface area (Å²) < 4.78 is 30.4. The third-order valence-corrected chi connectivity index (χ3v) is 5.63. The second kappa shape index (κ2) is 8.70. The Kier molecular flexibility index (Phi) is 7.44. The standard InChI is InChI=1S/C18H24N2O4S.ClH/c1-18(2,12-19)13-20(3)17(21)16-14(9-10-24-16)11-25(22,23)15-7-5-4-6-8-15;/h4-10H,11-13,19H2,1-3H3;1H. The summed E-state index contributed by atoms with van der Waals surface area (Å²) in [5, 5.41) is 0. The van der Waals surface area contributed by atoms with Gasteiger partial charge in [0.05, 0.1) is 16.9 Å². The zero-order valence-corrected chi connectivity index (χ0v) is 16.8. The van der Waals surface area contributed by atoms with Gasteiger partial charge in [-0.05, 0) is 30.2 Å². The second-order valence-electron chi connectivity index (χ2n) is 6.88. The van der Waals surface area contributed by atoms with Gasteiger partial charge in [0.15, 0.2) is 15.6 Å². The molecule has 1 aromatic carbocycles. The lowest BCUT2D eigenvalue weighted by Gasteiger charge is -2.28. The average molecular weight is 401 g/mol. The van der Waals surface area contributed by atoms with E-state index in [-0.39, 0.29) is 40.1 Å². The van der Waals surface area contributed by atoms with Crippen LogP contribution in [0.25, 0.3) is 0 Å². The number of carbonyl (C=O) groups is 1. The minimum atomic E-state index is -3.56. The van der Waals surface area contributed by atoms with Crippen molar-refractivity contribution in [2.45, 2.75) is 24.5 Å². The number of sulfone groups is 1. The summed E-state index contributed by atoms with van der Waals surface area (Å²) in [6.45, 7) is 4.78. The summed E-state index contributed by atoms with van der Waals surface area (Å²) in [4.78, 5) is 14.4. The first-order chi connectivity index (χ1) is 11.7. The predicted molar refractivity (Wildman–Crippen MR) is 103 cm³/mol. The van der Waals surface area contributed by atoms with E-state index in [9.17, 15) is 13.2 Å². The number of nitrogens with two attached hydrogens (primary N) is 1. The fraction of sp³-hybridized carbons (Fsp3) is 0.389. The number of hydrogen-bond acceptors (Lipinski definition) is 5. The molecule has 0 unspecified atom stereocenters. The lowest BCUT2D eigenvalue weighted by Crippen LogP contribution is -2.39. The van der Waals surface area contributed by atoms with E-state index in [0.717, 1.165) is 0 Å². The number of furan rings is 1. The Labute approximate surface area is 160 Å². The van der Waals surface area contributed by atoms with E-state index >= 15 is 0 Å². The Morgan fingerprint density at radius 2 is 1.81 bits per heavy atom. The fourth-order valence-corrected chi connectivity index (χ4v) is 3.88. The summed E-state index contributed by atoms with van der Waals surface area (Å²) in [7, 11) is -1.90. The van der Waals surface area contributed by atoms with E-state index in [2.05, 4.69) is 0 Å². The third-order valence-electron chi connectivity index (χ3n) is 3.95. The van der Waals surface area contributed by atoms with Crippen LogP contribution in [0.5, 0.6) is 0 Å². The number of carbonyl (C=O) groups excluding carboxylic acids is 1. The first-order valence-electron chi connectivity index (χ1n) is 7.96. The van der Waals surface area contributed by atoms with Crippen molar-refractivity contribution in [1.82, 2.24) is 4.90 Å². The van der Waals surface area contributed by atoms with Gasteiger partial charge in [-0.3, -0.25) is 4.79 Å². The van der Waals surface area contributed by atoms with Crippen LogP contribution in [0.15, 0.2) is 52.0 Å². The molecule has 2 N–H and O–H groups in total. The van der Waals surface area contributed by atoms with Crippen molar-refractivity contribution in [2.75, 3.05) is 20.1 Å². The highest BCUT2D eigenvalue weighted by molar-refractivity contribution is 7.90. The van der Waals surface area contributed by atoms with Crippen molar-refractivity contribution >= 4 is 28.2 Å². The zero-order valence-electron chi connectivity index (χ0n) is 15.1. The van der Waals surface area contributed by atoms with E-state index in [1.165, 1.54) is 29.4 Å². The molecule has 1 aromatic heterocycles. The van der Waals surface area contributed by atoms with Crippen LogP contribution in [0, 0.1) is 5.41 Å². The Morgan fingerprint density at radius 3 is 2.38 bits per heavy atom. The van der Waals surface area contributed by atoms with Crippen LogP contribution < -0.4 is 5.73 Å². The number of halogens is 1. The highest BCUT2D eigenvalue weighted by atomic mass is 35.5. The first-order valence-corrected chi connectivity index (χ1v) is 9.61. The Balaban J connectivity index is 0.00000338. The molecule has 0 fully saturated rings. The number of hydrogen-bond donors (Lipinski definition) is 1. The Morgan fingerprint density at radius 1 is 1.19 bits per heavy atom. The Hall–Kier alpha value is -1.83. The van der Waals surface area contributed by atoms with Gasteiger partial charge < -0.3 is 15.1 Å². The molecule has 144 valence electrons. The number of nitrogens with zero attached hydrogens (tertiary/aromatic N) is 1. The fourth-order valence-electron chi connectivity index (χ4n) is 2.50. The molecule has 0 atom stereocenters. The van der Waals surface area contributed by atoms with Crippen LogP contribution >= 0.6 is 12.4 Å². The van der Waals surface area contributed by atoms with Crippen molar-refractivity contribution < 1.29 is 17.6 Å². The van der Waals surface area contributed by atoms with Gasteiger partial charge in [0.1, 0.15) is 0 Å². The summed E-state index contributed by atoms with van der Waals surface area (Å²) in [5.41, 5.74) is 5.82. The second-order valence-corrected chi connectivity index (χ2v) is 8.87. The van der Waals surface area contributed by atoms with E-state index in [0.29, 0.717) is 18.7 Å². The van der Waals surface area contributed by atoms with Crippen molar-refractivity contribution in [1.29, 1.82) is 0 Å². The maximum atomic E-state index is 12.6. The molecule has 26 heavy (non-hydrogen) atoms. The molecule has 0 aliphatic carbocycles. The topological polar surface area (TPSA) is 93.6 Å². The Bertz CT molecular complexity index is 832. The van der Waals surface area contributed by atoms with Crippen LogP contribution in [-0.4, -0.2) is 39.4 Å². The molecule has 0 aliphatic rings. The van der Waals surface area contributed by atoms with Crippen LogP contribution in [0.3, 0.4) is 0 Å². The highest BCUT2D eigenvalue weighted by Crippen LogP contribution is 2.22. The normalized spacial score (nSPS) is 11.7. The smallest absolute Gasteiger partial charge is 0.289 e. The van der Waals surface area contributed by atoms with Gasteiger partial charge in [-0.15, -0.1) is 12.4 Å². The largest absolute Gasteiger partial charge is 0.459 e. The van der Waals surface area contributed by atoms with Crippen LogP contribution in [0.4, 0.5) is 0 Å². The molecular weight excluding hydrogens is 376 g/mol. The van der Waals surface area contributed by atoms with E-state index in [4.69, 9.17) is 10.2 Å². The van der Waals surface area contributed by atoms with Gasteiger partial charge in [0.25, 0.3) is 5.91 Å². The molecule has 0 spiro atoms. The van der Waals surface area contributed by atoms with E-state index in [1.807, 2.05) is 13.8 Å². The summed E-state index contributed by atoms with van der Waals surface area (Å²) in [6.07, 6.45) is 1.34. The molecule has 6 nitrogen and oxygen atoms in total. The van der Waals surface area contributed by atoms with Gasteiger partial charge in [0.2, 0.25) is 0 Å². The van der Waals surface area contributed by atoms with Crippen molar-refractivity contribution in [2.24, 2.45) is 11.1 Å². The van der Waals surface area contributed by atoms with Gasteiger partial charge >= 0.3 is 0 Å². The summed E-state index contributed by atoms with van der Waals surface area (Å²) in [5.74, 6) is -0.595. The molecule has 0 aliphatic heterocycles. The van der Waals surface area contributed by atoms with Crippen LogP contribution in [0.2, 0.25) is 0 Å². The van der Waals surface area contributed by atoms with E-state index in [1.54, 1.807) is 25.2 Å². The molecule has 0 bridgehead atoms. The first kappa shape index (κ1) is 22.2. The van der Waals surface area contributed by atoms with Crippen molar-refractivity contribution in [3.63, 3.8) is 0 Å². The van der Waals surface area contributed by atoms with E-state index < -0.39 is 9.84 Å². The third kappa shape index (κ3) is 5.33. The molecule has 2 aromatic rings. The molecular formula is C18H25ClN2O4S. The average Bonchev–Trinajstić information content (AvgIpc) is 3.02. The highest BCUT2D eigenvalue weighted by Gasteiger charge is 2.27. The number of rotatable bonds is 7. The maximum absolute atomic E-state index is 12.6. The van der Waals surface area contributed by atoms with Gasteiger partial charge in [-0.1, -0.05) is 32.0 Å². The molecule has 1 amide bonds. The number of amides is 1. The predicted octanol–water partition coefficient (Wildman–Crippen LogP) is 2.73. The van der Waals surface area contributed by atoms with Crippen LogP contribution in [-0.2, 0) is 15.6 Å². The van der Waals surface area contributed by atoms with Crippen LogP contribution in [0.1, 0.15) is 30.0 Å². The molecule has 0 saturated carbocycles. The van der Waals surface area contributed by atoms with Gasteiger partial charge in [-0.25, -0.2) is 8.42 Å². The zero-order chi connectivity index (χ0) is 18.7. The monoisotopic (exact) mass is 400 g/mol. The SMILES string of the molecule is CN(CC(C)(C)CN)C(=O)c1occc1CS(=O)(=O)c1ccccc1.Cl. The van der Waals surface area contributed by atoms with Crippen molar-refractivity contribution in [3.8, 4) is 0 Å². The summed E-state index contributed by atoms with van der Waals surface area (Å²) >= 11 is 0. The lowest BCUT2D eigenvalue weighted by atomic mass is 9.93. The molecule has 0 saturated heterocycles. The summed E-state index contributed by atoms with van der Waals surface area (Å²) in [6, 6.07) is 9.67. The quantitative estimate of drug-likeness (QED) is 0.771. The molecule has 1 heterocycles. The van der Waals surface area contributed by atoms with Crippen molar-refractivity contribution in [3.05, 3.63) is 54.0 Å². The van der Waals surface area contributed by atoms with Gasteiger partial charge in [0, 0.05) is 19.2 Å². The van der Waals surface area contributed by atoms with Gasteiger partial charge in [-0.2, -0.15) is 0 Å². The molecule has 8 heteroatoms. The number of benzene rings is 1. The lowest BCUT2D eigenvalue weighted by molar-refractivity contribution is 0.0708. The maximum Gasteiger partial charge on any atom is 0.289 e. The minimum Gasteiger partial charge on any atom is -0.459 e. The molecule has 0 radical (unpaired) electrons.